The highest BCUT2D eigenvalue weighted by atomic mass is 127. The third-order valence-electron chi connectivity index (χ3n) is 3.05. The number of guanidine groups is 1. The van der Waals surface area contributed by atoms with Crippen molar-refractivity contribution >= 4 is 36.0 Å². The van der Waals surface area contributed by atoms with E-state index in [4.69, 9.17) is 10.5 Å². The van der Waals surface area contributed by atoms with Crippen LogP contribution in [0.2, 0.25) is 0 Å². The first-order valence-corrected chi connectivity index (χ1v) is 8.60. The van der Waals surface area contributed by atoms with Crippen molar-refractivity contribution in [1.29, 1.82) is 0 Å². The van der Waals surface area contributed by atoms with Crippen molar-refractivity contribution in [2.75, 3.05) is 13.1 Å². The molecule has 8 heteroatoms. The fraction of sp³-hybridized carbons (Fsp3) is 0.611. The molecule has 148 valence electrons. The maximum Gasteiger partial charge on any atom is 0.410 e. The second kappa shape index (κ2) is 11.9. The second-order valence-electron chi connectivity index (χ2n) is 7.18. The Balaban J connectivity index is 0.00000625. The lowest BCUT2D eigenvalue weighted by molar-refractivity contribution is 0.0232. The molecular weight excluding hydrogens is 445 g/mol. The molecule has 7 nitrogen and oxygen atoms in total. The zero-order valence-electron chi connectivity index (χ0n) is 16.4. The predicted molar refractivity (Wildman–Crippen MR) is 116 cm³/mol. The number of nitrogens with one attached hydrogen (secondary N) is 1. The van der Waals surface area contributed by atoms with E-state index in [1.54, 1.807) is 17.3 Å². The molecule has 0 fully saturated rings. The molecule has 0 unspecified atom stereocenters. The molecule has 0 aliphatic heterocycles. The number of amides is 1. The topological polar surface area (TPSA) is 92.8 Å². The average Bonchev–Trinajstić information content (AvgIpc) is 2.48. The summed E-state index contributed by atoms with van der Waals surface area (Å²) in [5.74, 6) is 0.422. The first-order chi connectivity index (χ1) is 11.7. The number of carbonyl (C=O) groups is 1. The van der Waals surface area contributed by atoms with Gasteiger partial charge in [-0.1, -0.05) is 6.07 Å². The minimum absolute atomic E-state index is 0. The van der Waals surface area contributed by atoms with Gasteiger partial charge in [-0.25, -0.2) is 4.79 Å². The van der Waals surface area contributed by atoms with Gasteiger partial charge in [-0.05, 0) is 52.7 Å². The maximum atomic E-state index is 12.4. The van der Waals surface area contributed by atoms with E-state index in [1.807, 2.05) is 46.8 Å². The van der Waals surface area contributed by atoms with Crippen LogP contribution >= 0.6 is 24.0 Å². The molecule has 0 saturated carbocycles. The smallest absolute Gasteiger partial charge is 0.410 e. The molecule has 3 N–H and O–H groups in total. The number of rotatable bonds is 7. The van der Waals surface area contributed by atoms with Gasteiger partial charge in [0.05, 0.1) is 6.54 Å². The standard InChI is InChI=1S/C18H31N5O2.HI/c1-14(2)22-16(19)21-10-7-11-23(17(24)25-18(3,4)5)13-15-8-6-9-20-12-15;/h6,8-9,12,14H,7,10-11,13H2,1-5H3,(H3,19,21,22);1H. The van der Waals surface area contributed by atoms with E-state index in [2.05, 4.69) is 15.3 Å². The number of halogens is 1. The van der Waals surface area contributed by atoms with Crippen molar-refractivity contribution in [2.24, 2.45) is 10.7 Å². The normalized spacial score (nSPS) is 11.7. The van der Waals surface area contributed by atoms with Gasteiger partial charge < -0.3 is 20.7 Å². The number of hydrogen-bond acceptors (Lipinski definition) is 4. The fourth-order valence-electron chi connectivity index (χ4n) is 2.08. The minimum atomic E-state index is -0.534. The first kappa shape index (κ1) is 24.4. The van der Waals surface area contributed by atoms with Crippen LogP contribution in [0.1, 0.15) is 46.6 Å². The Bertz CT molecular complexity index is 558. The molecule has 1 amide bonds. The lowest BCUT2D eigenvalue weighted by Crippen LogP contribution is -2.38. The van der Waals surface area contributed by atoms with Crippen LogP contribution in [0.4, 0.5) is 4.79 Å². The van der Waals surface area contributed by atoms with E-state index in [9.17, 15) is 4.79 Å². The van der Waals surface area contributed by atoms with Gasteiger partial charge in [-0.15, -0.1) is 24.0 Å². The number of ether oxygens (including phenoxy) is 1. The van der Waals surface area contributed by atoms with Crippen molar-refractivity contribution in [3.63, 3.8) is 0 Å². The fourth-order valence-corrected chi connectivity index (χ4v) is 2.08. The van der Waals surface area contributed by atoms with E-state index in [0.717, 1.165) is 5.56 Å². The quantitative estimate of drug-likeness (QED) is 0.273. The number of aliphatic imine (C=N–C) groups is 1. The summed E-state index contributed by atoms with van der Waals surface area (Å²) in [6.07, 6.45) is 3.81. The summed E-state index contributed by atoms with van der Waals surface area (Å²) in [5.41, 5.74) is 6.21. The highest BCUT2D eigenvalue weighted by Gasteiger charge is 2.22. The zero-order valence-corrected chi connectivity index (χ0v) is 18.7. The van der Waals surface area contributed by atoms with E-state index >= 15 is 0 Å². The van der Waals surface area contributed by atoms with Crippen molar-refractivity contribution in [3.8, 4) is 0 Å². The minimum Gasteiger partial charge on any atom is -0.444 e. The lowest BCUT2D eigenvalue weighted by Gasteiger charge is -2.27. The third kappa shape index (κ3) is 11.1. The molecule has 0 bridgehead atoms. The molecule has 0 aliphatic rings. The second-order valence-corrected chi connectivity index (χ2v) is 7.18. The average molecular weight is 477 g/mol. The van der Waals surface area contributed by atoms with Crippen LogP contribution in [0, 0.1) is 0 Å². The van der Waals surface area contributed by atoms with Gasteiger partial charge in [0.2, 0.25) is 0 Å². The molecule has 1 aromatic rings. The van der Waals surface area contributed by atoms with Crippen LogP contribution in [0.15, 0.2) is 29.5 Å². The van der Waals surface area contributed by atoms with Crippen LogP contribution in [0.25, 0.3) is 0 Å². The maximum absolute atomic E-state index is 12.4. The Morgan fingerprint density at radius 3 is 2.65 bits per heavy atom. The summed E-state index contributed by atoms with van der Waals surface area (Å²) in [7, 11) is 0. The summed E-state index contributed by atoms with van der Waals surface area (Å²) in [5, 5.41) is 3.04. The number of aromatic nitrogens is 1. The van der Waals surface area contributed by atoms with E-state index < -0.39 is 5.60 Å². The Labute approximate surface area is 173 Å². The van der Waals surface area contributed by atoms with Crippen molar-refractivity contribution in [1.82, 2.24) is 15.2 Å². The summed E-state index contributed by atoms with van der Waals surface area (Å²) in [6, 6.07) is 4.03. The predicted octanol–water partition coefficient (Wildman–Crippen LogP) is 3.14. The summed E-state index contributed by atoms with van der Waals surface area (Å²) in [6.45, 7) is 11.1. The molecule has 0 radical (unpaired) electrons. The van der Waals surface area contributed by atoms with Crippen molar-refractivity contribution < 1.29 is 9.53 Å². The van der Waals surface area contributed by atoms with E-state index in [1.165, 1.54) is 0 Å². The molecule has 1 heterocycles. The van der Waals surface area contributed by atoms with Gasteiger partial charge in [0.1, 0.15) is 5.60 Å². The van der Waals surface area contributed by atoms with Crippen LogP contribution in [-0.2, 0) is 11.3 Å². The largest absolute Gasteiger partial charge is 0.444 e. The number of pyridine rings is 1. The van der Waals surface area contributed by atoms with Gasteiger partial charge >= 0.3 is 6.09 Å². The lowest BCUT2D eigenvalue weighted by atomic mass is 10.2. The van der Waals surface area contributed by atoms with Crippen LogP contribution in [0.5, 0.6) is 0 Å². The molecule has 0 saturated heterocycles. The third-order valence-corrected chi connectivity index (χ3v) is 3.05. The molecule has 1 aromatic heterocycles. The van der Waals surface area contributed by atoms with Gasteiger partial charge in [0, 0.05) is 31.5 Å². The number of nitrogens with zero attached hydrogens (tertiary/aromatic N) is 3. The van der Waals surface area contributed by atoms with Crippen molar-refractivity contribution in [3.05, 3.63) is 30.1 Å². The van der Waals surface area contributed by atoms with Gasteiger partial charge in [0.25, 0.3) is 0 Å². The van der Waals surface area contributed by atoms with Crippen LogP contribution in [0.3, 0.4) is 0 Å². The van der Waals surface area contributed by atoms with E-state index in [-0.39, 0.29) is 36.1 Å². The molecule has 0 atom stereocenters. The Hall–Kier alpha value is -1.58. The Kier molecular flexibility index (Phi) is 11.2. The molecule has 0 aromatic carbocycles. The molecular formula is C18H32IN5O2. The van der Waals surface area contributed by atoms with Gasteiger partial charge in [-0.2, -0.15) is 0 Å². The Morgan fingerprint density at radius 1 is 1.42 bits per heavy atom. The monoisotopic (exact) mass is 477 g/mol. The number of hydrogen-bond donors (Lipinski definition) is 2. The summed E-state index contributed by atoms with van der Waals surface area (Å²) in [4.78, 5) is 22.5. The molecule has 0 spiro atoms. The van der Waals surface area contributed by atoms with Crippen LogP contribution in [-0.4, -0.2) is 46.7 Å². The van der Waals surface area contributed by atoms with Crippen LogP contribution < -0.4 is 11.1 Å². The number of nitrogens with two attached hydrogens (primary N) is 1. The number of carbonyl (C=O) groups excluding carboxylic acids is 1. The van der Waals surface area contributed by atoms with E-state index in [0.29, 0.717) is 32.0 Å². The highest BCUT2D eigenvalue weighted by molar-refractivity contribution is 14.0. The Morgan fingerprint density at radius 2 is 2.12 bits per heavy atom. The highest BCUT2D eigenvalue weighted by Crippen LogP contribution is 2.12. The molecule has 26 heavy (non-hydrogen) atoms. The SMILES string of the molecule is CC(C)NC(N)=NCCCN(Cc1cccnc1)C(=O)OC(C)(C)C.I. The zero-order chi connectivity index (χ0) is 18.9. The van der Waals surface area contributed by atoms with Gasteiger partial charge in [-0.3, -0.25) is 9.98 Å². The first-order valence-electron chi connectivity index (χ1n) is 8.60. The van der Waals surface area contributed by atoms with Gasteiger partial charge in [0.15, 0.2) is 5.96 Å². The molecule has 0 aliphatic carbocycles. The molecule has 1 rings (SSSR count). The summed E-state index contributed by atoms with van der Waals surface area (Å²) >= 11 is 0. The summed E-state index contributed by atoms with van der Waals surface area (Å²) < 4.78 is 5.50. The van der Waals surface area contributed by atoms with Crippen molar-refractivity contribution in [2.45, 2.75) is 59.2 Å².